The number of aliphatic hydroxyl groups is 2. The second-order valence-corrected chi connectivity index (χ2v) is 10.2. The number of carbonyl (C=O) groups excluding carboxylic acids is 2. The lowest BCUT2D eigenvalue weighted by Crippen LogP contribution is -2.47. The summed E-state index contributed by atoms with van der Waals surface area (Å²) in [6.45, 7) is 2.47. The van der Waals surface area contributed by atoms with Crippen LogP contribution in [-0.2, 0) is 9.59 Å². The molecule has 0 bridgehead atoms. The van der Waals surface area contributed by atoms with Gasteiger partial charge >= 0.3 is 12.1 Å². The summed E-state index contributed by atoms with van der Waals surface area (Å²) < 4.78 is 56.0. The lowest BCUT2D eigenvalue weighted by Gasteiger charge is -2.29. The molecule has 0 aromatic heterocycles. The van der Waals surface area contributed by atoms with Crippen molar-refractivity contribution in [2.75, 3.05) is 32.8 Å². The fourth-order valence-electron chi connectivity index (χ4n) is 4.59. The molecule has 2 heterocycles. The van der Waals surface area contributed by atoms with Gasteiger partial charge in [0, 0.05) is 38.0 Å². The number of carbonyl (C=O) groups is 3. The SMILES string of the molecule is C.O=C(CCCCC(=O)c1ccc(F)cc1)N[C@H](CN1CC[C@H](O)C1)[C@H](O)c1ccc2c(c1)OCCO2.O=C(O)C(F)(F)F. The van der Waals surface area contributed by atoms with Crippen LogP contribution in [0.15, 0.2) is 42.5 Å². The minimum absolute atomic E-state index is 0. The third kappa shape index (κ3) is 11.4. The van der Waals surface area contributed by atoms with E-state index in [9.17, 15) is 37.4 Å². The number of halogens is 4. The number of hydrogen-bond acceptors (Lipinski definition) is 8. The van der Waals surface area contributed by atoms with Crippen LogP contribution in [0.3, 0.4) is 0 Å². The van der Waals surface area contributed by atoms with Gasteiger partial charge < -0.3 is 30.1 Å². The van der Waals surface area contributed by atoms with Gasteiger partial charge in [0.15, 0.2) is 17.3 Å². The van der Waals surface area contributed by atoms with Crippen LogP contribution in [0.25, 0.3) is 0 Å². The molecule has 2 aromatic rings. The number of ether oxygens (including phenoxy) is 2. The van der Waals surface area contributed by atoms with Gasteiger partial charge in [-0.25, -0.2) is 9.18 Å². The molecule has 0 unspecified atom stereocenters. The molecule has 3 atom stereocenters. The highest BCUT2D eigenvalue weighted by molar-refractivity contribution is 5.96. The van der Waals surface area contributed by atoms with Gasteiger partial charge in [-0.15, -0.1) is 0 Å². The van der Waals surface area contributed by atoms with E-state index >= 15 is 0 Å². The minimum Gasteiger partial charge on any atom is -0.486 e. The lowest BCUT2D eigenvalue weighted by molar-refractivity contribution is -0.192. The highest BCUT2D eigenvalue weighted by Crippen LogP contribution is 2.33. The van der Waals surface area contributed by atoms with Crippen molar-refractivity contribution in [1.82, 2.24) is 10.2 Å². The van der Waals surface area contributed by atoms with Gasteiger partial charge in [-0.3, -0.25) is 14.5 Å². The molecular weight excluding hydrogens is 592 g/mol. The van der Waals surface area contributed by atoms with E-state index in [0.717, 1.165) is 0 Å². The Labute approximate surface area is 252 Å². The fourth-order valence-corrected chi connectivity index (χ4v) is 4.59. The number of benzene rings is 2. The molecule has 14 heteroatoms. The molecular formula is C30H38F4N2O8. The molecule has 4 rings (SSSR count). The maximum absolute atomic E-state index is 13.0. The van der Waals surface area contributed by atoms with Crippen molar-refractivity contribution < 1.29 is 56.7 Å². The largest absolute Gasteiger partial charge is 0.490 e. The Morgan fingerprint density at radius 2 is 1.61 bits per heavy atom. The number of carboxylic acids is 1. The summed E-state index contributed by atoms with van der Waals surface area (Å²) in [5, 5.41) is 31.2. The van der Waals surface area contributed by atoms with Crippen molar-refractivity contribution in [1.29, 1.82) is 0 Å². The molecule has 1 saturated heterocycles. The van der Waals surface area contributed by atoms with Crippen molar-refractivity contribution in [3.8, 4) is 11.5 Å². The quantitative estimate of drug-likeness (QED) is 0.165. The third-order valence-electron chi connectivity index (χ3n) is 6.80. The van der Waals surface area contributed by atoms with Gasteiger partial charge in [0.2, 0.25) is 5.91 Å². The Bertz CT molecular complexity index is 1240. The molecule has 1 fully saturated rings. The molecule has 44 heavy (non-hydrogen) atoms. The molecule has 0 radical (unpaired) electrons. The summed E-state index contributed by atoms with van der Waals surface area (Å²) >= 11 is 0. The monoisotopic (exact) mass is 630 g/mol. The second kappa shape index (κ2) is 16.9. The number of likely N-dealkylation sites (tertiary alicyclic amines) is 1. The summed E-state index contributed by atoms with van der Waals surface area (Å²) in [4.78, 5) is 35.9. The van der Waals surface area contributed by atoms with Crippen LogP contribution in [0, 0.1) is 5.82 Å². The Kier molecular flexibility index (Phi) is 14.0. The zero-order chi connectivity index (χ0) is 31.6. The fraction of sp³-hybridized carbons (Fsp3) is 0.500. The van der Waals surface area contributed by atoms with Crippen LogP contribution in [0.2, 0.25) is 0 Å². The van der Waals surface area contributed by atoms with Crippen LogP contribution < -0.4 is 14.8 Å². The third-order valence-corrected chi connectivity index (χ3v) is 6.80. The summed E-state index contributed by atoms with van der Waals surface area (Å²) in [7, 11) is 0. The molecule has 10 nitrogen and oxygen atoms in total. The normalized spacial score (nSPS) is 17.4. The minimum atomic E-state index is -5.08. The molecule has 2 aliphatic rings. The maximum atomic E-state index is 13.0. The first-order chi connectivity index (χ1) is 20.3. The smallest absolute Gasteiger partial charge is 0.486 e. The van der Waals surface area contributed by atoms with Crippen LogP contribution in [0.1, 0.15) is 61.6 Å². The molecule has 0 aliphatic carbocycles. The van der Waals surface area contributed by atoms with E-state index in [1.54, 1.807) is 18.2 Å². The number of nitrogens with one attached hydrogen (secondary N) is 1. The van der Waals surface area contributed by atoms with Crippen LogP contribution in [-0.4, -0.2) is 89.0 Å². The van der Waals surface area contributed by atoms with Crippen LogP contribution in [0.4, 0.5) is 17.6 Å². The average Bonchev–Trinajstić information content (AvgIpc) is 3.38. The van der Waals surface area contributed by atoms with E-state index < -0.39 is 30.4 Å². The molecule has 2 aromatic carbocycles. The number of hydrogen-bond donors (Lipinski definition) is 4. The van der Waals surface area contributed by atoms with Gasteiger partial charge in [0.05, 0.1) is 12.1 Å². The number of unbranched alkanes of at least 4 members (excludes halogenated alkanes) is 1. The lowest BCUT2D eigenvalue weighted by atomic mass is 10.00. The number of β-amino-alcohol motifs (C(OH)–C–C–N with tert-alkyl or cyclic N) is 1. The molecule has 0 spiro atoms. The number of nitrogens with zero attached hydrogens (tertiary/aromatic N) is 1. The number of carboxylic acid groups (broad SMARTS) is 1. The van der Waals surface area contributed by atoms with E-state index in [2.05, 4.69) is 5.32 Å². The number of aliphatic carboxylic acids is 1. The van der Waals surface area contributed by atoms with Crippen molar-refractivity contribution in [3.05, 3.63) is 59.4 Å². The van der Waals surface area contributed by atoms with Gasteiger partial charge in [-0.05, 0) is 61.2 Å². The zero-order valence-electron chi connectivity index (χ0n) is 23.2. The predicted molar refractivity (Wildman–Crippen MR) is 151 cm³/mol. The maximum Gasteiger partial charge on any atom is 0.490 e. The van der Waals surface area contributed by atoms with Crippen molar-refractivity contribution >= 4 is 17.7 Å². The van der Waals surface area contributed by atoms with Gasteiger partial charge in [0.25, 0.3) is 0 Å². The second-order valence-electron chi connectivity index (χ2n) is 10.2. The molecule has 4 N–H and O–H groups in total. The van der Waals surface area contributed by atoms with E-state index in [1.807, 2.05) is 4.90 Å². The standard InChI is InChI=1S/C27H33FN2O6.C2HF3O2.CH4/c28-20-8-5-18(6-9-20)23(32)3-1-2-4-26(33)29-22(17-30-12-11-21(31)16-30)27(34)19-7-10-24-25(15-19)36-14-13-35-24;3-2(4,5)1(6)7;/h5-10,15,21-22,27,31,34H,1-4,11-14,16-17H2,(H,29,33);(H,6,7);1H4/t21-,22+,27+;;/m0../s1. The Balaban J connectivity index is 0.000000756. The highest BCUT2D eigenvalue weighted by Gasteiger charge is 2.38. The molecule has 0 saturated carbocycles. The first kappa shape index (κ1) is 36.4. The first-order valence-electron chi connectivity index (χ1n) is 13.7. The molecule has 244 valence electrons. The van der Waals surface area contributed by atoms with Crippen LogP contribution >= 0.6 is 0 Å². The Morgan fingerprint density at radius 3 is 2.20 bits per heavy atom. The molecule has 1 amide bonds. The van der Waals surface area contributed by atoms with Gasteiger partial charge in [0.1, 0.15) is 25.1 Å². The van der Waals surface area contributed by atoms with Crippen LogP contribution in [0.5, 0.6) is 11.5 Å². The van der Waals surface area contributed by atoms with E-state index in [0.29, 0.717) is 74.7 Å². The van der Waals surface area contributed by atoms with Crippen molar-refractivity contribution in [2.45, 2.75) is 64.0 Å². The molecule has 2 aliphatic heterocycles. The highest BCUT2D eigenvalue weighted by atomic mass is 19.4. The van der Waals surface area contributed by atoms with Gasteiger partial charge in [-0.1, -0.05) is 13.5 Å². The summed E-state index contributed by atoms with van der Waals surface area (Å²) in [6, 6.07) is 10.1. The number of ketones is 1. The van der Waals surface area contributed by atoms with Gasteiger partial charge in [-0.2, -0.15) is 13.2 Å². The number of alkyl halides is 3. The number of aliphatic hydroxyl groups excluding tert-OH is 2. The zero-order valence-corrected chi connectivity index (χ0v) is 23.2. The summed E-state index contributed by atoms with van der Waals surface area (Å²) in [6.07, 6.45) is -4.31. The number of fused-ring (bicyclic) bond motifs is 1. The Morgan fingerprint density at radius 1 is 1.00 bits per heavy atom. The number of Topliss-reactive ketones (excluding diaryl/α,β-unsaturated/α-hetero) is 1. The number of rotatable bonds is 11. The van der Waals surface area contributed by atoms with Crippen molar-refractivity contribution in [3.63, 3.8) is 0 Å². The topological polar surface area (TPSA) is 146 Å². The number of amides is 1. The average molecular weight is 631 g/mol. The first-order valence-corrected chi connectivity index (χ1v) is 13.7. The summed E-state index contributed by atoms with van der Waals surface area (Å²) in [5.41, 5.74) is 1.06. The predicted octanol–water partition coefficient (Wildman–Crippen LogP) is 3.89. The van der Waals surface area contributed by atoms with E-state index in [4.69, 9.17) is 19.4 Å². The van der Waals surface area contributed by atoms with Crippen molar-refractivity contribution in [2.24, 2.45) is 0 Å². The van der Waals surface area contributed by atoms with E-state index in [-0.39, 0.29) is 37.8 Å². The summed E-state index contributed by atoms with van der Waals surface area (Å²) in [5.74, 6) is -2.27. The Hall–Kier alpha value is -3.75. The van der Waals surface area contributed by atoms with E-state index in [1.165, 1.54) is 24.3 Å².